The predicted octanol–water partition coefficient (Wildman–Crippen LogP) is 2.42. The lowest BCUT2D eigenvalue weighted by molar-refractivity contribution is -0.387. The van der Waals surface area contributed by atoms with Gasteiger partial charge in [-0.05, 0) is 37.1 Å². The van der Waals surface area contributed by atoms with Crippen molar-refractivity contribution in [3.8, 4) is 5.75 Å². The molecule has 0 amide bonds. The summed E-state index contributed by atoms with van der Waals surface area (Å²) in [6.45, 7) is 7.39. The third-order valence-electron chi connectivity index (χ3n) is 3.32. The van der Waals surface area contributed by atoms with Crippen LogP contribution in [-0.2, 0) is 6.54 Å². The third-order valence-corrected chi connectivity index (χ3v) is 3.32. The lowest BCUT2D eigenvalue weighted by Crippen LogP contribution is -2.23. The van der Waals surface area contributed by atoms with Crippen molar-refractivity contribution in [2.24, 2.45) is 0 Å². The zero-order valence-corrected chi connectivity index (χ0v) is 11.2. The van der Waals surface area contributed by atoms with Crippen LogP contribution < -0.4 is 5.56 Å². The van der Waals surface area contributed by atoms with Crippen LogP contribution in [0.3, 0.4) is 0 Å². The summed E-state index contributed by atoms with van der Waals surface area (Å²) in [5.41, 5.74) is 0.640. The molecule has 0 spiro atoms. The van der Waals surface area contributed by atoms with E-state index in [9.17, 15) is 20.0 Å². The van der Waals surface area contributed by atoms with Gasteiger partial charge in [-0.25, -0.2) is 0 Å². The molecular weight excluding hydrogens is 260 g/mol. The number of rotatable bonds is 3. The Morgan fingerprint density at radius 3 is 2.55 bits per heavy atom. The van der Waals surface area contributed by atoms with E-state index in [-0.39, 0.29) is 6.54 Å². The molecule has 0 aliphatic rings. The molecule has 2 aromatic rings. The zero-order chi connectivity index (χ0) is 15.0. The SMILES string of the molecule is C=CCn1c(=O)c([N+](=O)[O-])c(O)c2cc(C)c(C)cc21. The van der Waals surface area contributed by atoms with E-state index >= 15 is 0 Å². The molecule has 1 N–H and O–H groups in total. The van der Waals surface area contributed by atoms with Crippen LogP contribution in [0.25, 0.3) is 10.9 Å². The Bertz CT molecular complexity index is 790. The molecule has 0 saturated heterocycles. The molecule has 0 fully saturated rings. The molecule has 1 aromatic heterocycles. The monoisotopic (exact) mass is 274 g/mol. The van der Waals surface area contributed by atoms with E-state index in [0.717, 1.165) is 11.1 Å². The molecule has 0 radical (unpaired) electrons. The number of fused-ring (bicyclic) bond motifs is 1. The summed E-state index contributed by atoms with van der Waals surface area (Å²) in [5, 5.41) is 21.3. The molecule has 0 aliphatic heterocycles. The van der Waals surface area contributed by atoms with Crippen molar-refractivity contribution in [1.82, 2.24) is 4.57 Å². The van der Waals surface area contributed by atoms with Gasteiger partial charge in [-0.3, -0.25) is 19.5 Å². The maximum Gasteiger partial charge on any atom is 0.375 e. The van der Waals surface area contributed by atoms with Gasteiger partial charge < -0.3 is 5.11 Å². The van der Waals surface area contributed by atoms with Crippen LogP contribution in [0, 0.1) is 24.0 Å². The molecule has 20 heavy (non-hydrogen) atoms. The van der Waals surface area contributed by atoms with Crippen molar-refractivity contribution in [3.05, 3.63) is 56.4 Å². The highest BCUT2D eigenvalue weighted by molar-refractivity contribution is 5.90. The molecule has 0 unspecified atom stereocenters. The summed E-state index contributed by atoms with van der Waals surface area (Å²) >= 11 is 0. The predicted molar refractivity (Wildman–Crippen MR) is 76.2 cm³/mol. The van der Waals surface area contributed by atoms with Crippen molar-refractivity contribution in [2.75, 3.05) is 0 Å². The number of benzene rings is 1. The highest BCUT2D eigenvalue weighted by Crippen LogP contribution is 2.32. The Hall–Kier alpha value is -2.63. The van der Waals surface area contributed by atoms with Gasteiger partial charge in [0.15, 0.2) is 0 Å². The van der Waals surface area contributed by atoms with Crippen molar-refractivity contribution in [1.29, 1.82) is 0 Å². The van der Waals surface area contributed by atoms with E-state index in [1.807, 2.05) is 13.8 Å². The van der Waals surface area contributed by atoms with Crippen LogP contribution in [0.1, 0.15) is 11.1 Å². The van der Waals surface area contributed by atoms with Gasteiger partial charge in [-0.15, -0.1) is 6.58 Å². The summed E-state index contributed by atoms with van der Waals surface area (Å²) in [5.74, 6) is -0.585. The average Bonchev–Trinajstić information content (AvgIpc) is 2.37. The first-order chi connectivity index (χ1) is 9.38. The maximum absolute atomic E-state index is 12.1. The first kappa shape index (κ1) is 13.8. The van der Waals surface area contributed by atoms with E-state index in [2.05, 4.69) is 6.58 Å². The number of aromatic hydroxyl groups is 1. The number of aromatic nitrogens is 1. The minimum Gasteiger partial charge on any atom is -0.501 e. The average molecular weight is 274 g/mol. The molecule has 1 aromatic carbocycles. The molecule has 6 nitrogen and oxygen atoms in total. The standard InChI is InChI=1S/C14H14N2O4/c1-4-5-15-11-7-9(3)8(2)6-10(11)13(17)12(14(15)18)16(19)20/h4,6-7,17H,1,5H2,2-3H3. The zero-order valence-electron chi connectivity index (χ0n) is 11.2. The molecule has 6 heteroatoms. The van der Waals surface area contributed by atoms with Gasteiger partial charge in [0, 0.05) is 11.9 Å². The second-order valence-corrected chi connectivity index (χ2v) is 4.61. The normalized spacial score (nSPS) is 10.7. The first-order valence-corrected chi connectivity index (χ1v) is 6.00. The van der Waals surface area contributed by atoms with Crippen LogP contribution in [0.4, 0.5) is 5.69 Å². The number of hydrogen-bond acceptors (Lipinski definition) is 4. The van der Waals surface area contributed by atoms with E-state index in [1.165, 1.54) is 10.6 Å². The van der Waals surface area contributed by atoms with Crippen molar-refractivity contribution < 1.29 is 10.0 Å². The highest BCUT2D eigenvalue weighted by atomic mass is 16.6. The quantitative estimate of drug-likeness (QED) is 0.529. The Balaban J connectivity index is 3.07. The lowest BCUT2D eigenvalue weighted by Gasteiger charge is -2.12. The molecule has 2 rings (SSSR count). The first-order valence-electron chi connectivity index (χ1n) is 6.00. The van der Waals surface area contributed by atoms with Crippen molar-refractivity contribution in [3.63, 3.8) is 0 Å². The largest absolute Gasteiger partial charge is 0.501 e. The van der Waals surface area contributed by atoms with Crippen LogP contribution in [0.5, 0.6) is 5.75 Å². The van der Waals surface area contributed by atoms with Gasteiger partial charge in [0.05, 0.1) is 10.4 Å². The number of allylic oxidation sites excluding steroid dienone is 1. The minimum atomic E-state index is -0.855. The number of pyridine rings is 1. The summed E-state index contributed by atoms with van der Waals surface area (Å²) in [4.78, 5) is 22.3. The fraction of sp³-hybridized carbons (Fsp3) is 0.214. The molecule has 0 saturated carbocycles. The smallest absolute Gasteiger partial charge is 0.375 e. The molecular formula is C14H14N2O4. The summed E-state index contributed by atoms with van der Waals surface area (Å²) < 4.78 is 1.24. The van der Waals surface area contributed by atoms with Gasteiger partial charge in [0.2, 0.25) is 5.75 Å². The summed E-state index contributed by atoms with van der Waals surface area (Å²) in [7, 11) is 0. The fourth-order valence-corrected chi connectivity index (χ4v) is 2.15. The third kappa shape index (κ3) is 1.95. The van der Waals surface area contributed by atoms with E-state index in [1.54, 1.807) is 12.1 Å². The van der Waals surface area contributed by atoms with Gasteiger partial charge in [0.25, 0.3) is 0 Å². The summed E-state index contributed by atoms with van der Waals surface area (Å²) in [6, 6.07) is 3.38. The number of aryl methyl sites for hydroxylation is 2. The number of hydrogen-bond donors (Lipinski definition) is 1. The second kappa shape index (κ2) is 4.80. The molecule has 0 atom stereocenters. The lowest BCUT2D eigenvalue weighted by atomic mass is 10.0. The Kier molecular flexibility index (Phi) is 3.31. The van der Waals surface area contributed by atoms with Gasteiger partial charge in [-0.2, -0.15) is 0 Å². The van der Waals surface area contributed by atoms with Crippen LogP contribution in [0.15, 0.2) is 29.6 Å². The van der Waals surface area contributed by atoms with Crippen molar-refractivity contribution >= 4 is 16.6 Å². The Morgan fingerprint density at radius 1 is 1.40 bits per heavy atom. The Labute approximate surface area is 114 Å². The van der Waals surface area contributed by atoms with E-state index in [4.69, 9.17) is 0 Å². The van der Waals surface area contributed by atoms with Crippen molar-refractivity contribution in [2.45, 2.75) is 20.4 Å². The maximum atomic E-state index is 12.1. The fourth-order valence-electron chi connectivity index (χ4n) is 2.15. The van der Waals surface area contributed by atoms with Crippen LogP contribution in [-0.4, -0.2) is 14.6 Å². The second-order valence-electron chi connectivity index (χ2n) is 4.61. The van der Waals surface area contributed by atoms with Crippen LogP contribution in [0.2, 0.25) is 0 Å². The summed E-state index contributed by atoms with van der Waals surface area (Å²) in [6.07, 6.45) is 1.48. The highest BCUT2D eigenvalue weighted by Gasteiger charge is 2.25. The Morgan fingerprint density at radius 2 is 2.00 bits per heavy atom. The van der Waals surface area contributed by atoms with E-state index < -0.39 is 21.9 Å². The molecule has 0 bridgehead atoms. The number of nitrogens with zero attached hydrogens (tertiary/aromatic N) is 2. The topological polar surface area (TPSA) is 85.4 Å². The number of nitro groups is 1. The molecule has 1 heterocycles. The van der Waals surface area contributed by atoms with E-state index in [0.29, 0.717) is 10.9 Å². The van der Waals surface area contributed by atoms with Gasteiger partial charge >= 0.3 is 11.2 Å². The van der Waals surface area contributed by atoms with Gasteiger partial charge in [0.1, 0.15) is 0 Å². The van der Waals surface area contributed by atoms with Gasteiger partial charge in [-0.1, -0.05) is 6.08 Å². The molecule has 0 aliphatic carbocycles. The molecule has 104 valence electrons. The van der Waals surface area contributed by atoms with Crippen LogP contribution >= 0.6 is 0 Å². The minimum absolute atomic E-state index is 0.138.